The lowest BCUT2D eigenvalue weighted by Crippen LogP contribution is -2.43. The van der Waals surface area contributed by atoms with Gasteiger partial charge in [0.2, 0.25) is 5.91 Å². The van der Waals surface area contributed by atoms with E-state index in [2.05, 4.69) is 34.7 Å². The van der Waals surface area contributed by atoms with Crippen molar-refractivity contribution in [1.82, 2.24) is 14.7 Å². The molecular formula is C20H24Cl2N4O. The Morgan fingerprint density at radius 2 is 1.96 bits per heavy atom. The number of amides is 1. The molecule has 0 saturated carbocycles. The maximum atomic E-state index is 12.3. The van der Waals surface area contributed by atoms with E-state index >= 15 is 0 Å². The molecule has 4 rings (SSSR count). The van der Waals surface area contributed by atoms with Crippen LogP contribution in [0.15, 0.2) is 48.8 Å². The molecule has 2 N–H and O–H groups in total. The standard InChI is InChI=1S/C20H22N4O.2ClH/c1-14-9-11-24-13-18(23-19(24)12-14)15-5-7-16(8-6-15)22-20(25)17-4-2-3-10-21-17;;/h5-9,11-13,17,21H,2-4,10H2,1H3,(H,22,25);2*1H/t17-;;/m0../s1. The van der Waals surface area contributed by atoms with Crippen LogP contribution in [0.3, 0.4) is 0 Å². The number of hydrogen-bond donors (Lipinski definition) is 2. The van der Waals surface area contributed by atoms with E-state index in [0.717, 1.165) is 48.4 Å². The van der Waals surface area contributed by atoms with Crippen molar-refractivity contribution in [2.24, 2.45) is 0 Å². The molecule has 27 heavy (non-hydrogen) atoms. The van der Waals surface area contributed by atoms with E-state index in [-0.39, 0.29) is 36.8 Å². The first kappa shape index (κ1) is 21.2. The normalized spacial score (nSPS) is 16.3. The topological polar surface area (TPSA) is 58.4 Å². The first-order valence-corrected chi connectivity index (χ1v) is 8.79. The van der Waals surface area contributed by atoms with Crippen LogP contribution in [0, 0.1) is 6.92 Å². The summed E-state index contributed by atoms with van der Waals surface area (Å²) < 4.78 is 2.02. The molecule has 0 radical (unpaired) electrons. The Morgan fingerprint density at radius 1 is 1.19 bits per heavy atom. The molecule has 0 bridgehead atoms. The number of carbonyl (C=O) groups is 1. The molecule has 5 nitrogen and oxygen atoms in total. The summed E-state index contributed by atoms with van der Waals surface area (Å²) in [5, 5.41) is 6.27. The predicted octanol–water partition coefficient (Wildman–Crippen LogP) is 4.23. The van der Waals surface area contributed by atoms with Crippen molar-refractivity contribution < 1.29 is 4.79 Å². The van der Waals surface area contributed by atoms with Gasteiger partial charge in [-0.2, -0.15) is 0 Å². The predicted molar refractivity (Wildman–Crippen MR) is 114 cm³/mol. The highest BCUT2D eigenvalue weighted by Gasteiger charge is 2.20. The SMILES string of the molecule is Cc1ccn2cc(-c3ccc(NC(=O)[C@@H]4CCCCN4)cc3)nc2c1.Cl.Cl. The lowest BCUT2D eigenvalue weighted by atomic mass is 10.0. The first-order valence-electron chi connectivity index (χ1n) is 8.79. The third kappa shape index (κ3) is 4.80. The van der Waals surface area contributed by atoms with Crippen molar-refractivity contribution >= 4 is 42.1 Å². The number of benzene rings is 1. The second-order valence-corrected chi connectivity index (χ2v) is 6.66. The zero-order valence-corrected chi connectivity index (χ0v) is 16.8. The molecule has 1 amide bonds. The van der Waals surface area contributed by atoms with Crippen molar-refractivity contribution in [3.63, 3.8) is 0 Å². The van der Waals surface area contributed by atoms with Gasteiger partial charge in [-0.15, -0.1) is 24.8 Å². The second kappa shape index (κ2) is 9.22. The zero-order chi connectivity index (χ0) is 17.2. The molecule has 3 heterocycles. The summed E-state index contributed by atoms with van der Waals surface area (Å²) in [7, 11) is 0. The fourth-order valence-corrected chi connectivity index (χ4v) is 3.25. The minimum Gasteiger partial charge on any atom is -0.325 e. The van der Waals surface area contributed by atoms with Gasteiger partial charge in [-0.25, -0.2) is 4.98 Å². The van der Waals surface area contributed by atoms with Crippen molar-refractivity contribution in [2.75, 3.05) is 11.9 Å². The van der Waals surface area contributed by atoms with Gasteiger partial charge >= 0.3 is 0 Å². The van der Waals surface area contributed by atoms with Crippen LogP contribution in [0.4, 0.5) is 5.69 Å². The van der Waals surface area contributed by atoms with Gasteiger partial charge in [-0.3, -0.25) is 4.79 Å². The summed E-state index contributed by atoms with van der Waals surface area (Å²) in [6.07, 6.45) is 7.21. The number of piperidine rings is 1. The van der Waals surface area contributed by atoms with Gasteiger partial charge in [0.15, 0.2) is 0 Å². The lowest BCUT2D eigenvalue weighted by Gasteiger charge is -2.22. The molecule has 1 atom stereocenters. The van der Waals surface area contributed by atoms with Gasteiger partial charge in [0.1, 0.15) is 5.65 Å². The van der Waals surface area contributed by atoms with E-state index in [1.807, 2.05) is 41.1 Å². The first-order chi connectivity index (χ1) is 12.2. The summed E-state index contributed by atoms with van der Waals surface area (Å²) in [5.41, 5.74) is 4.92. The van der Waals surface area contributed by atoms with Crippen LogP contribution < -0.4 is 10.6 Å². The average Bonchev–Trinajstić information content (AvgIpc) is 3.06. The summed E-state index contributed by atoms with van der Waals surface area (Å²) in [6.45, 7) is 2.98. The average molecular weight is 407 g/mol. The third-order valence-electron chi connectivity index (χ3n) is 4.69. The van der Waals surface area contributed by atoms with E-state index in [1.165, 1.54) is 5.56 Å². The van der Waals surface area contributed by atoms with Crippen LogP contribution in [0.2, 0.25) is 0 Å². The van der Waals surface area contributed by atoms with E-state index in [4.69, 9.17) is 0 Å². The quantitative estimate of drug-likeness (QED) is 0.683. The number of anilines is 1. The van der Waals surface area contributed by atoms with E-state index < -0.39 is 0 Å². The van der Waals surface area contributed by atoms with Gasteiger partial charge in [-0.05, 0) is 56.1 Å². The van der Waals surface area contributed by atoms with E-state index in [0.29, 0.717) is 0 Å². The molecule has 1 aliphatic rings. The number of rotatable bonds is 3. The molecule has 0 aliphatic carbocycles. The number of fused-ring (bicyclic) bond motifs is 1. The number of carbonyl (C=O) groups excluding carboxylic acids is 1. The summed E-state index contributed by atoms with van der Waals surface area (Å²) in [6, 6.07) is 11.9. The largest absolute Gasteiger partial charge is 0.325 e. The van der Waals surface area contributed by atoms with Crippen molar-refractivity contribution in [2.45, 2.75) is 32.2 Å². The maximum absolute atomic E-state index is 12.3. The van der Waals surface area contributed by atoms with Gasteiger partial charge in [-0.1, -0.05) is 18.6 Å². The Balaban J connectivity index is 0.00000131. The van der Waals surface area contributed by atoms with Crippen LogP contribution in [0.1, 0.15) is 24.8 Å². The van der Waals surface area contributed by atoms with Gasteiger partial charge in [0, 0.05) is 23.6 Å². The summed E-state index contributed by atoms with van der Waals surface area (Å²) in [4.78, 5) is 17.0. The molecule has 1 fully saturated rings. The number of aromatic nitrogens is 2. The second-order valence-electron chi connectivity index (χ2n) is 6.66. The highest BCUT2D eigenvalue weighted by atomic mass is 35.5. The monoisotopic (exact) mass is 406 g/mol. The highest BCUT2D eigenvalue weighted by Crippen LogP contribution is 2.22. The molecule has 1 saturated heterocycles. The number of nitrogens with one attached hydrogen (secondary N) is 2. The molecule has 7 heteroatoms. The van der Waals surface area contributed by atoms with Gasteiger partial charge < -0.3 is 15.0 Å². The Labute approximate surface area is 171 Å². The number of nitrogens with zero attached hydrogens (tertiary/aromatic N) is 2. The van der Waals surface area contributed by atoms with Crippen LogP contribution in [0.25, 0.3) is 16.9 Å². The van der Waals surface area contributed by atoms with Crippen LogP contribution >= 0.6 is 24.8 Å². The van der Waals surface area contributed by atoms with Crippen LogP contribution in [-0.4, -0.2) is 27.9 Å². The number of aryl methyl sites for hydroxylation is 1. The number of halogens is 2. The zero-order valence-electron chi connectivity index (χ0n) is 15.1. The Hall–Kier alpha value is -2.08. The lowest BCUT2D eigenvalue weighted by molar-refractivity contribution is -0.118. The Bertz CT molecular complexity index is 902. The van der Waals surface area contributed by atoms with E-state index in [1.54, 1.807) is 0 Å². The number of imidazole rings is 1. The molecule has 144 valence electrons. The highest BCUT2D eigenvalue weighted by molar-refractivity contribution is 5.95. The van der Waals surface area contributed by atoms with Crippen molar-refractivity contribution in [3.8, 4) is 11.3 Å². The smallest absolute Gasteiger partial charge is 0.241 e. The maximum Gasteiger partial charge on any atom is 0.241 e. The number of hydrogen-bond acceptors (Lipinski definition) is 3. The minimum absolute atomic E-state index is 0. The summed E-state index contributed by atoms with van der Waals surface area (Å²) in [5.74, 6) is 0.0515. The Kier molecular flexibility index (Phi) is 7.25. The molecule has 1 aromatic carbocycles. The minimum atomic E-state index is -0.0740. The Morgan fingerprint density at radius 3 is 2.67 bits per heavy atom. The van der Waals surface area contributed by atoms with Crippen molar-refractivity contribution in [1.29, 1.82) is 0 Å². The fourth-order valence-electron chi connectivity index (χ4n) is 3.25. The fraction of sp³-hybridized carbons (Fsp3) is 0.300. The van der Waals surface area contributed by atoms with E-state index in [9.17, 15) is 4.79 Å². The van der Waals surface area contributed by atoms with Crippen LogP contribution in [-0.2, 0) is 4.79 Å². The van der Waals surface area contributed by atoms with Gasteiger partial charge in [0.05, 0.1) is 11.7 Å². The molecular weight excluding hydrogens is 383 g/mol. The molecule has 0 spiro atoms. The van der Waals surface area contributed by atoms with Crippen molar-refractivity contribution in [3.05, 3.63) is 54.4 Å². The third-order valence-corrected chi connectivity index (χ3v) is 4.69. The van der Waals surface area contributed by atoms with Crippen LogP contribution in [0.5, 0.6) is 0 Å². The molecule has 1 aliphatic heterocycles. The summed E-state index contributed by atoms with van der Waals surface area (Å²) >= 11 is 0. The van der Waals surface area contributed by atoms with Gasteiger partial charge in [0.25, 0.3) is 0 Å². The number of pyridine rings is 1. The molecule has 3 aromatic rings. The molecule has 0 unspecified atom stereocenters. The molecule has 2 aromatic heterocycles.